The average molecular weight is 536 g/mol. The van der Waals surface area contributed by atoms with Crippen molar-refractivity contribution in [1.82, 2.24) is 10.3 Å². The third-order valence-electron chi connectivity index (χ3n) is 5.48. The summed E-state index contributed by atoms with van der Waals surface area (Å²) in [7, 11) is 0. The van der Waals surface area contributed by atoms with Gasteiger partial charge in [0.25, 0.3) is 5.91 Å². The number of aryl methyl sites for hydroxylation is 2. The van der Waals surface area contributed by atoms with Crippen molar-refractivity contribution in [1.29, 1.82) is 0 Å². The number of aromatic nitrogens is 1. The molecule has 180 valence electrons. The number of anilines is 1. The van der Waals surface area contributed by atoms with Gasteiger partial charge in [-0.3, -0.25) is 10.1 Å². The lowest BCUT2D eigenvalue weighted by atomic mass is 10.1. The molecule has 0 saturated heterocycles. The molecule has 6 nitrogen and oxygen atoms in total. The van der Waals surface area contributed by atoms with Crippen molar-refractivity contribution in [2.45, 2.75) is 13.8 Å². The zero-order valence-corrected chi connectivity index (χ0v) is 21.5. The molecule has 0 unspecified atom stereocenters. The highest BCUT2D eigenvalue weighted by Crippen LogP contribution is 2.34. The number of hydrogen-bond acceptors (Lipinski definition) is 5. The Hall–Kier alpha value is -3.65. The van der Waals surface area contributed by atoms with Crippen molar-refractivity contribution in [2.75, 3.05) is 5.32 Å². The molecule has 0 saturated carbocycles. The minimum Gasteiger partial charge on any atom is -0.451 e. The number of thiocarbonyl (C=S) groups is 1. The van der Waals surface area contributed by atoms with Gasteiger partial charge in [-0.15, -0.1) is 0 Å². The molecule has 2 N–H and O–H groups in total. The van der Waals surface area contributed by atoms with Gasteiger partial charge in [0.2, 0.25) is 5.89 Å². The van der Waals surface area contributed by atoms with Gasteiger partial charge in [0.05, 0.1) is 10.0 Å². The summed E-state index contributed by atoms with van der Waals surface area (Å²) in [6.45, 7) is 4.03. The number of hydrogen-bond donors (Lipinski definition) is 2. The zero-order chi connectivity index (χ0) is 25.4. The van der Waals surface area contributed by atoms with E-state index in [4.69, 9.17) is 44.3 Å². The Balaban J connectivity index is 1.24. The molecule has 36 heavy (non-hydrogen) atoms. The minimum atomic E-state index is -0.495. The van der Waals surface area contributed by atoms with E-state index in [1.807, 2.05) is 44.2 Å². The van der Waals surface area contributed by atoms with Crippen molar-refractivity contribution in [3.63, 3.8) is 0 Å². The van der Waals surface area contributed by atoms with E-state index in [-0.39, 0.29) is 10.9 Å². The number of oxazole rings is 1. The van der Waals surface area contributed by atoms with Crippen LogP contribution in [0.25, 0.3) is 33.9 Å². The molecule has 9 heteroatoms. The van der Waals surface area contributed by atoms with Crippen LogP contribution in [0.3, 0.4) is 0 Å². The summed E-state index contributed by atoms with van der Waals surface area (Å²) in [6.07, 6.45) is 0. The Kier molecular flexibility index (Phi) is 6.53. The minimum absolute atomic E-state index is 0.0852. The molecule has 0 aliphatic rings. The number of amides is 1. The number of benzene rings is 3. The molecular weight excluding hydrogens is 517 g/mol. The first-order chi connectivity index (χ1) is 17.3. The molecule has 0 aliphatic carbocycles. The van der Waals surface area contributed by atoms with Crippen molar-refractivity contribution < 1.29 is 13.6 Å². The number of nitrogens with one attached hydrogen (secondary N) is 2. The SMILES string of the molecule is Cc1cc(C)c2oc(-c3ccc(NC(=S)NC(=O)c4ccc(-c5cccc(Cl)c5Cl)o4)cc3)nc2c1. The van der Waals surface area contributed by atoms with Crippen LogP contribution in [0, 0.1) is 13.8 Å². The van der Waals surface area contributed by atoms with Gasteiger partial charge >= 0.3 is 0 Å². The number of nitrogens with zero attached hydrogens (tertiary/aromatic N) is 1. The average Bonchev–Trinajstić information content (AvgIpc) is 3.49. The van der Waals surface area contributed by atoms with Crippen molar-refractivity contribution in [2.24, 2.45) is 0 Å². The molecule has 2 heterocycles. The monoisotopic (exact) mass is 535 g/mol. The normalized spacial score (nSPS) is 11.0. The van der Waals surface area contributed by atoms with Crippen LogP contribution in [0.15, 0.2) is 75.6 Å². The predicted octanol–water partition coefficient (Wildman–Crippen LogP) is 7.81. The number of carbonyl (C=O) groups is 1. The van der Waals surface area contributed by atoms with Gasteiger partial charge in [-0.2, -0.15) is 0 Å². The third kappa shape index (κ3) is 4.86. The van der Waals surface area contributed by atoms with Gasteiger partial charge in [0.1, 0.15) is 11.3 Å². The molecule has 0 fully saturated rings. The Morgan fingerprint density at radius 2 is 1.75 bits per heavy atom. The lowest BCUT2D eigenvalue weighted by Gasteiger charge is -2.09. The second-order valence-corrected chi connectivity index (χ2v) is 9.39. The van der Waals surface area contributed by atoms with E-state index < -0.39 is 5.91 Å². The molecule has 5 rings (SSSR count). The van der Waals surface area contributed by atoms with Gasteiger partial charge < -0.3 is 14.2 Å². The quantitative estimate of drug-likeness (QED) is 0.228. The highest BCUT2D eigenvalue weighted by Gasteiger charge is 2.16. The van der Waals surface area contributed by atoms with Crippen LogP contribution in [0.2, 0.25) is 10.0 Å². The van der Waals surface area contributed by atoms with Crippen LogP contribution in [0.5, 0.6) is 0 Å². The molecule has 0 bridgehead atoms. The fourth-order valence-corrected chi connectivity index (χ4v) is 4.43. The van der Waals surface area contributed by atoms with E-state index >= 15 is 0 Å². The van der Waals surface area contributed by atoms with Crippen LogP contribution in [-0.2, 0) is 0 Å². The van der Waals surface area contributed by atoms with E-state index in [1.54, 1.807) is 30.3 Å². The summed E-state index contributed by atoms with van der Waals surface area (Å²) in [5.41, 5.74) is 5.89. The predicted molar refractivity (Wildman–Crippen MR) is 147 cm³/mol. The van der Waals surface area contributed by atoms with E-state index in [2.05, 4.69) is 21.7 Å². The second kappa shape index (κ2) is 9.78. The number of fused-ring (bicyclic) bond motifs is 1. The number of rotatable bonds is 4. The lowest BCUT2D eigenvalue weighted by Crippen LogP contribution is -2.33. The Bertz CT molecular complexity index is 1620. The smallest absolute Gasteiger partial charge is 0.293 e. The molecule has 2 aromatic heterocycles. The fraction of sp³-hybridized carbons (Fsp3) is 0.0741. The van der Waals surface area contributed by atoms with Crippen LogP contribution in [-0.4, -0.2) is 16.0 Å². The standard InChI is InChI=1S/C27H19Cl2N3O3S/c1-14-12-15(2)24-20(13-14)31-26(35-24)16-6-8-17(9-7-16)30-27(36)32-25(33)22-11-10-21(34-22)18-4-3-5-19(28)23(18)29/h3-13H,1-2H3,(H2,30,32,33,36). The van der Waals surface area contributed by atoms with E-state index in [9.17, 15) is 4.79 Å². The van der Waals surface area contributed by atoms with Crippen LogP contribution in [0.1, 0.15) is 21.7 Å². The molecule has 0 aliphatic heterocycles. The summed E-state index contributed by atoms with van der Waals surface area (Å²) in [4.78, 5) is 17.2. The summed E-state index contributed by atoms with van der Waals surface area (Å²) in [5.74, 6) is 0.550. The summed E-state index contributed by atoms with van der Waals surface area (Å²) in [5, 5.41) is 6.47. The molecule has 3 aromatic carbocycles. The van der Waals surface area contributed by atoms with E-state index in [1.165, 1.54) is 0 Å². The topological polar surface area (TPSA) is 80.3 Å². The first-order valence-corrected chi connectivity index (χ1v) is 12.1. The number of halogens is 2. The second-order valence-electron chi connectivity index (χ2n) is 8.20. The van der Waals surface area contributed by atoms with Gasteiger partial charge in [0, 0.05) is 16.8 Å². The van der Waals surface area contributed by atoms with Gasteiger partial charge in [-0.1, -0.05) is 35.3 Å². The Labute approximate surface area is 222 Å². The van der Waals surface area contributed by atoms with Crippen molar-refractivity contribution in [3.8, 4) is 22.8 Å². The summed E-state index contributed by atoms with van der Waals surface area (Å²) in [6, 6.07) is 19.8. The van der Waals surface area contributed by atoms with Crippen LogP contribution >= 0.6 is 35.4 Å². The maximum atomic E-state index is 12.6. The van der Waals surface area contributed by atoms with Crippen molar-refractivity contribution in [3.05, 3.63) is 93.7 Å². The summed E-state index contributed by atoms with van der Waals surface area (Å²) >= 11 is 17.6. The first kappa shape index (κ1) is 24.1. The summed E-state index contributed by atoms with van der Waals surface area (Å²) < 4.78 is 11.6. The highest BCUT2D eigenvalue weighted by molar-refractivity contribution is 7.80. The molecule has 0 atom stereocenters. The van der Waals surface area contributed by atoms with Crippen molar-refractivity contribution >= 4 is 63.2 Å². The highest BCUT2D eigenvalue weighted by atomic mass is 35.5. The largest absolute Gasteiger partial charge is 0.451 e. The van der Waals surface area contributed by atoms with E-state index in [0.717, 1.165) is 27.8 Å². The van der Waals surface area contributed by atoms with E-state index in [0.29, 0.717) is 32.9 Å². The third-order valence-corrected chi connectivity index (χ3v) is 6.51. The maximum Gasteiger partial charge on any atom is 0.293 e. The Morgan fingerprint density at radius 3 is 2.53 bits per heavy atom. The molecule has 0 spiro atoms. The first-order valence-electron chi connectivity index (χ1n) is 10.9. The molecule has 0 radical (unpaired) electrons. The fourth-order valence-electron chi connectivity index (χ4n) is 3.82. The zero-order valence-electron chi connectivity index (χ0n) is 19.2. The van der Waals surface area contributed by atoms with Crippen LogP contribution in [0.4, 0.5) is 5.69 Å². The maximum absolute atomic E-state index is 12.6. The number of carbonyl (C=O) groups excluding carboxylic acids is 1. The van der Waals surface area contributed by atoms with Crippen LogP contribution < -0.4 is 10.6 Å². The van der Waals surface area contributed by atoms with Gasteiger partial charge in [0.15, 0.2) is 16.5 Å². The van der Waals surface area contributed by atoms with Gasteiger partial charge in [-0.25, -0.2) is 4.98 Å². The van der Waals surface area contributed by atoms with Gasteiger partial charge in [-0.05, 0) is 91.8 Å². The Morgan fingerprint density at radius 1 is 0.972 bits per heavy atom. The molecular formula is C27H19Cl2N3O3S. The lowest BCUT2D eigenvalue weighted by molar-refractivity contribution is 0.0951. The number of furan rings is 1. The molecule has 5 aromatic rings. The molecule has 1 amide bonds.